The Kier molecular flexibility index (Phi) is 6.82. The molecule has 4 N–H and O–H groups in total. The molecule has 1 aromatic rings. The molecule has 7 nitrogen and oxygen atoms in total. The lowest BCUT2D eigenvalue weighted by Crippen LogP contribution is -2.56. The first-order valence-electron chi connectivity index (χ1n) is 10.5. The van der Waals surface area contributed by atoms with Crippen molar-refractivity contribution in [2.75, 3.05) is 13.2 Å². The third-order valence-corrected chi connectivity index (χ3v) is 7.06. The highest BCUT2D eigenvalue weighted by Crippen LogP contribution is 2.62. The van der Waals surface area contributed by atoms with Gasteiger partial charge in [0.2, 0.25) is 6.04 Å². The maximum absolute atomic E-state index is 13.3. The molecular formula is C22H32ClN5O2. The monoisotopic (exact) mass is 433 g/mol. The molecule has 2 bridgehead atoms. The highest BCUT2D eigenvalue weighted by Gasteiger charge is 2.60. The van der Waals surface area contributed by atoms with E-state index in [-0.39, 0.29) is 35.2 Å². The molecular weight excluding hydrogens is 402 g/mol. The molecule has 2 fully saturated rings. The topological polar surface area (TPSA) is 112 Å². The summed E-state index contributed by atoms with van der Waals surface area (Å²) >= 11 is 5.92. The van der Waals surface area contributed by atoms with Crippen LogP contribution >= 0.6 is 11.6 Å². The van der Waals surface area contributed by atoms with Gasteiger partial charge in [0.15, 0.2) is 0 Å². The van der Waals surface area contributed by atoms with E-state index in [1.807, 2.05) is 0 Å². The van der Waals surface area contributed by atoms with Crippen LogP contribution in [0.4, 0.5) is 5.69 Å². The highest BCUT2D eigenvalue weighted by molar-refractivity contribution is 6.30. The predicted molar refractivity (Wildman–Crippen MR) is 119 cm³/mol. The van der Waals surface area contributed by atoms with Crippen LogP contribution in [0.15, 0.2) is 39.5 Å². The Labute approximate surface area is 183 Å². The van der Waals surface area contributed by atoms with Gasteiger partial charge in [0.25, 0.3) is 5.91 Å². The fourth-order valence-corrected chi connectivity index (χ4v) is 5.25. The van der Waals surface area contributed by atoms with Gasteiger partial charge in [0.1, 0.15) is 5.84 Å². The number of amidine groups is 1. The minimum absolute atomic E-state index is 0.00986. The van der Waals surface area contributed by atoms with Crippen molar-refractivity contribution in [3.05, 3.63) is 29.3 Å². The number of hydrogen-bond acceptors (Lipinski definition) is 5. The fourth-order valence-electron chi connectivity index (χ4n) is 5.13. The van der Waals surface area contributed by atoms with Crippen molar-refractivity contribution in [1.29, 1.82) is 0 Å². The van der Waals surface area contributed by atoms with Gasteiger partial charge in [0.05, 0.1) is 5.69 Å². The molecule has 1 amide bonds. The van der Waals surface area contributed by atoms with Crippen LogP contribution in [0.5, 0.6) is 0 Å². The maximum atomic E-state index is 13.3. The summed E-state index contributed by atoms with van der Waals surface area (Å²) in [4.78, 5) is 17.5. The first-order valence-corrected chi connectivity index (χ1v) is 10.9. The van der Waals surface area contributed by atoms with Crippen molar-refractivity contribution in [3.8, 4) is 0 Å². The van der Waals surface area contributed by atoms with Crippen molar-refractivity contribution in [3.63, 3.8) is 0 Å². The van der Waals surface area contributed by atoms with Crippen LogP contribution in [0.1, 0.15) is 46.5 Å². The Morgan fingerprint density at radius 1 is 1.33 bits per heavy atom. The zero-order valence-corrected chi connectivity index (χ0v) is 18.7. The second kappa shape index (κ2) is 9.02. The molecule has 2 saturated carbocycles. The van der Waals surface area contributed by atoms with Gasteiger partial charge in [-0.2, -0.15) is 10.2 Å². The van der Waals surface area contributed by atoms with Crippen LogP contribution < -0.4 is 11.1 Å². The lowest BCUT2D eigenvalue weighted by atomic mass is 9.68. The quantitative estimate of drug-likeness (QED) is 0.250. The molecule has 0 radical (unpaired) electrons. The number of carbonyl (C=O) groups excluding carboxylic acids is 1. The molecule has 0 aliphatic heterocycles. The molecule has 1 aromatic carbocycles. The molecule has 0 heterocycles. The van der Waals surface area contributed by atoms with Crippen molar-refractivity contribution < 1.29 is 9.90 Å². The number of halogens is 1. The Bertz CT molecular complexity index is 819. The highest BCUT2D eigenvalue weighted by atomic mass is 35.5. The van der Waals surface area contributed by atoms with Gasteiger partial charge in [-0.05, 0) is 66.7 Å². The van der Waals surface area contributed by atoms with Crippen molar-refractivity contribution in [2.24, 2.45) is 37.7 Å². The summed E-state index contributed by atoms with van der Waals surface area (Å²) in [6, 6.07) is 5.90. The van der Waals surface area contributed by atoms with Gasteiger partial charge >= 0.3 is 0 Å². The third kappa shape index (κ3) is 4.67. The van der Waals surface area contributed by atoms with Crippen LogP contribution in [0.25, 0.3) is 0 Å². The molecule has 4 atom stereocenters. The number of azo groups is 1. The smallest absolute Gasteiger partial charge is 0.254 e. The van der Waals surface area contributed by atoms with Gasteiger partial charge in [-0.15, -0.1) is 0 Å². The van der Waals surface area contributed by atoms with Gasteiger partial charge in [-0.1, -0.05) is 32.4 Å². The van der Waals surface area contributed by atoms with Gasteiger partial charge < -0.3 is 16.2 Å². The third-order valence-electron chi connectivity index (χ3n) is 6.81. The number of aliphatic imine (C=N–C) groups is 1. The summed E-state index contributed by atoms with van der Waals surface area (Å²) in [6.45, 7) is 7.06. The van der Waals surface area contributed by atoms with Crippen LogP contribution in [-0.2, 0) is 4.79 Å². The maximum Gasteiger partial charge on any atom is 0.254 e. The molecule has 30 heavy (non-hydrogen) atoms. The Balaban J connectivity index is 1.81. The minimum atomic E-state index is -1.02. The minimum Gasteiger partial charge on any atom is -0.396 e. The molecule has 4 unspecified atom stereocenters. The summed E-state index contributed by atoms with van der Waals surface area (Å²) in [5.74, 6) is 0.423. The molecule has 3 rings (SSSR count). The second-order valence-electron chi connectivity index (χ2n) is 9.33. The Morgan fingerprint density at radius 3 is 2.63 bits per heavy atom. The van der Waals surface area contributed by atoms with E-state index in [0.29, 0.717) is 29.6 Å². The number of fused-ring (bicyclic) bond motifs is 2. The number of aliphatic hydroxyl groups excluding tert-OH is 1. The van der Waals surface area contributed by atoms with Crippen molar-refractivity contribution in [1.82, 2.24) is 5.32 Å². The van der Waals surface area contributed by atoms with Crippen LogP contribution in [0, 0.1) is 16.7 Å². The van der Waals surface area contributed by atoms with Crippen LogP contribution in [0.2, 0.25) is 5.02 Å². The Hall–Kier alpha value is -1.99. The summed E-state index contributed by atoms with van der Waals surface area (Å²) in [5, 5.41) is 21.2. The zero-order valence-electron chi connectivity index (χ0n) is 17.9. The SMILES string of the molecule is CC12CCC(C1)C(C)(C)C2NC(=O)C(/N=N/c1ccc(Cl)cc1)/C(N)=N/CCCO. The number of nitrogens with two attached hydrogens (primary N) is 1. The lowest BCUT2D eigenvalue weighted by Gasteiger charge is -2.43. The average Bonchev–Trinajstić information content (AvgIpc) is 3.18. The standard InChI is InChI=1S/C22H32ClN5O2/c1-21(2)14-9-10-22(3,13-14)20(21)26-19(30)17(18(24)25-11-4-12-29)28-27-16-7-5-15(23)6-8-16/h5-8,14,17,20,29H,4,9-13H2,1-3H3,(H2,24,25)(H,26,30)/b28-27+. The van der Waals surface area contributed by atoms with Crippen LogP contribution in [-0.4, -0.2) is 42.1 Å². The van der Waals surface area contributed by atoms with E-state index in [9.17, 15) is 4.79 Å². The van der Waals surface area contributed by atoms with Gasteiger partial charge in [-0.25, -0.2) is 0 Å². The molecule has 164 valence electrons. The van der Waals surface area contributed by atoms with Crippen LogP contribution in [0.3, 0.4) is 0 Å². The van der Waals surface area contributed by atoms with E-state index in [4.69, 9.17) is 22.4 Å². The number of benzene rings is 1. The van der Waals surface area contributed by atoms with Gasteiger partial charge in [0, 0.05) is 24.2 Å². The molecule has 8 heteroatoms. The Morgan fingerprint density at radius 2 is 2.03 bits per heavy atom. The van der Waals surface area contributed by atoms with Crippen molar-refractivity contribution in [2.45, 2.75) is 58.5 Å². The number of nitrogens with zero attached hydrogens (tertiary/aromatic N) is 3. The molecule has 2 aliphatic carbocycles. The van der Waals surface area contributed by atoms with E-state index < -0.39 is 6.04 Å². The van der Waals surface area contributed by atoms with E-state index in [0.717, 1.165) is 12.8 Å². The first kappa shape index (κ1) is 22.7. The summed E-state index contributed by atoms with van der Waals surface area (Å²) in [6.07, 6.45) is 3.92. The molecule has 2 aliphatic rings. The molecule has 0 aromatic heterocycles. The van der Waals surface area contributed by atoms with E-state index >= 15 is 0 Å². The van der Waals surface area contributed by atoms with E-state index in [1.54, 1.807) is 24.3 Å². The van der Waals surface area contributed by atoms with E-state index in [1.165, 1.54) is 6.42 Å². The largest absolute Gasteiger partial charge is 0.396 e. The number of nitrogens with one attached hydrogen (secondary N) is 1. The van der Waals surface area contributed by atoms with E-state index in [2.05, 4.69) is 41.3 Å². The number of hydrogen-bond donors (Lipinski definition) is 3. The molecule has 0 saturated heterocycles. The second-order valence-corrected chi connectivity index (χ2v) is 9.77. The normalized spacial score (nSPS) is 28.8. The number of amides is 1. The summed E-state index contributed by atoms with van der Waals surface area (Å²) in [7, 11) is 0. The van der Waals surface area contributed by atoms with Crippen molar-refractivity contribution >= 4 is 29.0 Å². The molecule has 0 spiro atoms. The number of rotatable bonds is 8. The zero-order chi connectivity index (χ0) is 21.9. The average molecular weight is 434 g/mol. The fraction of sp³-hybridized carbons (Fsp3) is 0.636. The summed E-state index contributed by atoms with van der Waals surface area (Å²) in [5.41, 5.74) is 6.81. The van der Waals surface area contributed by atoms with Gasteiger partial charge in [-0.3, -0.25) is 9.79 Å². The predicted octanol–water partition coefficient (Wildman–Crippen LogP) is 3.86. The number of carbonyl (C=O) groups is 1. The first-order chi connectivity index (χ1) is 14.2. The lowest BCUT2D eigenvalue weighted by molar-refractivity contribution is -0.123. The summed E-state index contributed by atoms with van der Waals surface area (Å²) < 4.78 is 0. The number of aliphatic hydroxyl groups is 1.